The van der Waals surface area contributed by atoms with Crippen molar-refractivity contribution in [1.82, 2.24) is 0 Å². The Bertz CT molecular complexity index is 671. The maximum absolute atomic E-state index is 9.97. The van der Waals surface area contributed by atoms with Crippen LogP contribution < -0.4 is 10.6 Å². The molecule has 0 spiro atoms. The molecule has 0 aliphatic heterocycles. The average molecular weight is 306 g/mol. The fourth-order valence-electron chi connectivity index (χ4n) is 2.58. The Labute approximate surface area is 133 Å². The summed E-state index contributed by atoms with van der Waals surface area (Å²) in [6.45, 7) is 0. The van der Waals surface area contributed by atoms with Gasteiger partial charge in [-0.15, -0.1) is 0 Å². The number of hydrogen-bond donors (Lipinski definition) is 1. The molecule has 0 heterocycles. The molecule has 0 unspecified atom stereocenters. The largest absolute Gasteiger partial charge is 0.508 e. The summed E-state index contributed by atoms with van der Waals surface area (Å²) in [4.78, 5) is 0. The third kappa shape index (κ3) is 3.55. The first kappa shape index (κ1) is 14.8. The van der Waals surface area contributed by atoms with Gasteiger partial charge in [0.25, 0.3) is 0 Å². The van der Waals surface area contributed by atoms with Crippen LogP contribution in [0.25, 0.3) is 0 Å². The van der Waals surface area contributed by atoms with Gasteiger partial charge in [-0.25, -0.2) is 0 Å². The third-order valence-electron chi connectivity index (χ3n) is 3.73. The lowest BCUT2D eigenvalue weighted by Crippen LogP contribution is -2.14. The number of hydrogen-bond acceptors (Lipinski definition) is 1. The molecule has 0 radical (unpaired) electrons. The fraction of sp³-hybridized carbons (Fsp3) is 0.100. The number of phenolic OH excluding ortho intramolecular Hbond substituents is 1. The van der Waals surface area contributed by atoms with Crippen molar-refractivity contribution in [3.05, 3.63) is 90.5 Å². The van der Waals surface area contributed by atoms with Crippen LogP contribution >= 0.6 is 7.92 Å². The smallest absolute Gasteiger partial charge is 0.118 e. The van der Waals surface area contributed by atoms with Crippen LogP contribution in [0.1, 0.15) is 5.56 Å². The van der Waals surface area contributed by atoms with Gasteiger partial charge in [0.15, 0.2) is 0 Å². The highest BCUT2D eigenvalue weighted by molar-refractivity contribution is 7.73. The van der Waals surface area contributed by atoms with Crippen LogP contribution in [0.15, 0.2) is 84.9 Å². The maximum atomic E-state index is 9.97. The van der Waals surface area contributed by atoms with Crippen LogP contribution in [0.5, 0.6) is 5.75 Å². The Morgan fingerprint density at radius 1 is 0.636 bits per heavy atom. The molecule has 0 aromatic heterocycles. The highest BCUT2D eigenvalue weighted by Crippen LogP contribution is 2.35. The number of aryl methyl sites for hydroxylation is 1. The van der Waals surface area contributed by atoms with Gasteiger partial charge in [0, 0.05) is 0 Å². The molecule has 3 aromatic rings. The Kier molecular flexibility index (Phi) is 4.88. The molecular formula is C20H19OP. The van der Waals surface area contributed by atoms with Crippen LogP contribution in [0.4, 0.5) is 0 Å². The maximum Gasteiger partial charge on any atom is 0.118 e. The standard InChI is InChI=1S/C20H19OP/c21-20-14-8-7-9-17(20)15-16-22(18-10-3-1-4-11-18)19-12-5-2-6-13-19/h1-14,21H,15-16H2. The molecule has 22 heavy (non-hydrogen) atoms. The second-order valence-corrected chi connectivity index (χ2v) is 7.54. The summed E-state index contributed by atoms with van der Waals surface area (Å²) in [5.74, 6) is 0.401. The quantitative estimate of drug-likeness (QED) is 0.705. The van der Waals surface area contributed by atoms with Crippen molar-refractivity contribution in [2.75, 3.05) is 6.16 Å². The zero-order chi connectivity index (χ0) is 15.2. The van der Waals surface area contributed by atoms with Crippen LogP contribution in [-0.4, -0.2) is 11.3 Å². The molecule has 0 bridgehead atoms. The van der Waals surface area contributed by atoms with Crippen molar-refractivity contribution in [3.8, 4) is 5.75 Å². The van der Waals surface area contributed by atoms with Gasteiger partial charge in [0.1, 0.15) is 5.75 Å². The molecule has 3 aromatic carbocycles. The van der Waals surface area contributed by atoms with Gasteiger partial charge in [-0.3, -0.25) is 0 Å². The molecule has 0 atom stereocenters. The summed E-state index contributed by atoms with van der Waals surface area (Å²) >= 11 is 0. The topological polar surface area (TPSA) is 20.2 Å². The molecule has 0 aliphatic carbocycles. The Morgan fingerprint density at radius 3 is 1.68 bits per heavy atom. The molecule has 0 saturated carbocycles. The van der Waals surface area contributed by atoms with Crippen molar-refractivity contribution >= 4 is 18.5 Å². The molecular weight excluding hydrogens is 287 g/mol. The molecule has 0 amide bonds. The summed E-state index contributed by atoms with van der Waals surface area (Å²) in [6, 6.07) is 29.0. The van der Waals surface area contributed by atoms with Crippen molar-refractivity contribution in [2.24, 2.45) is 0 Å². The molecule has 1 nitrogen and oxygen atoms in total. The molecule has 1 N–H and O–H groups in total. The molecule has 0 aliphatic rings. The van der Waals surface area contributed by atoms with E-state index in [1.165, 1.54) is 10.6 Å². The zero-order valence-electron chi connectivity index (χ0n) is 12.4. The van der Waals surface area contributed by atoms with Crippen molar-refractivity contribution < 1.29 is 5.11 Å². The van der Waals surface area contributed by atoms with E-state index < -0.39 is 7.92 Å². The van der Waals surface area contributed by atoms with Gasteiger partial charge in [-0.2, -0.15) is 0 Å². The number of phenols is 1. The Balaban J connectivity index is 1.85. The second kappa shape index (κ2) is 7.24. The SMILES string of the molecule is Oc1ccccc1CCP(c1ccccc1)c1ccccc1. The van der Waals surface area contributed by atoms with Crippen LogP contribution in [-0.2, 0) is 6.42 Å². The van der Waals surface area contributed by atoms with Gasteiger partial charge < -0.3 is 5.11 Å². The first-order valence-corrected chi connectivity index (χ1v) is 9.02. The summed E-state index contributed by atoms with van der Waals surface area (Å²) in [5.41, 5.74) is 1.03. The first-order chi connectivity index (χ1) is 10.8. The lowest BCUT2D eigenvalue weighted by Gasteiger charge is -2.19. The van der Waals surface area contributed by atoms with E-state index >= 15 is 0 Å². The van der Waals surface area contributed by atoms with Crippen molar-refractivity contribution in [2.45, 2.75) is 6.42 Å². The van der Waals surface area contributed by atoms with E-state index in [1.54, 1.807) is 6.07 Å². The number of para-hydroxylation sites is 1. The van der Waals surface area contributed by atoms with E-state index in [1.807, 2.05) is 18.2 Å². The predicted octanol–water partition coefficient (Wildman–Crippen LogP) is 4.07. The average Bonchev–Trinajstić information content (AvgIpc) is 2.59. The number of aromatic hydroxyl groups is 1. The zero-order valence-corrected chi connectivity index (χ0v) is 13.3. The van der Waals surface area contributed by atoms with Gasteiger partial charge in [-0.05, 0) is 42.7 Å². The van der Waals surface area contributed by atoms with Gasteiger partial charge >= 0.3 is 0 Å². The monoisotopic (exact) mass is 306 g/mol. The second-order valence-electron chi connectivity index (χ2n) is 5.20. The van der Waals surface area contributed by atoms with E-state index in [0.29, 0.717) is 5.75 Å². The Hall–Kier alpha value is -2.11. The summed E-state index contributed by atoms with van der Waals surface area (Å²) < 4.78 is 0. The number of rotatable bonds is 5. The first-order valence-electron chi connectivity index (χ1n) is 7.49. The Morgan fingerprint density at radius 2 is 1.14 bits per heavy atom. The predicted molar refractivity (Wildman–Crippen MR) is 95.7 cm³/mol. The molecule has 110 valence electrons. The summed E-state index contributed by atoms with van der Waals surface area (Å²) in [5, 5.41) is 12.7. The van der Waals surface area contributed by atoms with Gasteiger partial charge in [0.2, 0.25) is 0 Å². The van der Waals surface area contributed by atoms with Crippen molar-refractivity contribution in [3.63, 3.8) is 0 Å². The van der Waals surface area contributed by atoms with E-state index in [2.05, 4.69) is 60.7 Å². The van der Waals surface area contributed by atoms with Gasteiger partial charge in [0.05, 0.1) is 0 Å². The number of benzene rings is 3. The highest BCUT2D eigenvalue weighted by atomic mass is 31.1. The van der Waals surface area contributed by atoms with Gasteiger partial charge in [-0.1, -0.05) is 78.9 Å². The highest BCUT2D eigenvalue weighted by Gasteiger charge is 2.14. The minimum atomic E-state index is -0.398. The van der Waals surface area contributed by atoms with Crippen LogP contribution in [0, 0.1) is 0 Å². The summed E-state index contributed by atoms with van der Waals surface area (Å²) in [6.07, 6.45) is 1.93. The molecule has 2 heteroatoms. The van der Waals surface area contributed by atoms with Crippen molar-refractivity contribution in [1.29, 1.82) is 0 Å². The minimum absolute atomic E-state index is 0.398. The molecule has 0 saturated heterocycles. The normalized spacial score (nSPS) is 10.8. The van der Waals surface area contributed by atoms with E-state index in [0.717, 1.165) is 18.1 Å². The molecule has 3 rings (SSSR count). The lowest BCUT2D eigenvalue weighted by atomic mass is 10.1. The van der Waals surface area contributed by atoms with E-state index in [9.17, 15) is 5.11 Å². The van der Waals surface area contributed by atoms with E-state index in [4.69, 9.17) is 0 Å². The van der Waals surface area contributed by atoms with Crippen LogP contribution in [0.3, 0.4) is 0 Å². The third-order valence-corrected chi connectivity index (χ3v) is 6.25. The lowest BCUT2D eigenvalue weighted by molar-refractivity contribution is 0.469. The van der Waals surface area contributed by atoms with E-state index in [-0.39, 0.29) is 0 Å². The fourth-order valence-corrected chi connectivity index (χ4v) is 4.92. The van der Waals surface area contributed by atoms with Crippen LogP contribution in [0.2, 0.25) is 0 Å². The summed E-state index contributed by atoms with van der Waals surface area (Å²) in [7, 11) is -0.398. The minimum Gasteiger partial charge on any atom is -0.508 e. The molecule has 0 fully saturated rings.